The molecule has 0 bridgehead atoms. The molecule has 0 aliphatic heterocycles. The maximum atomic E-state index is 13.0. The molecule has 1 aromatic carbocycles. The Hall–Kier alpha value is -1.17. The minimum atomic E-state index is -5.61. The van der Waals surface area contributed by atoms with Crippen LogP contribution in [0.15, 0.2) is 24.3 Å². The van der Waals surface area contributed by atoms with Crippen LogP contribution in [0.25, 0.3) is 0 Å². The molecular formula is C12H13F5O. The largest absolute Gasteiger partial charge is 0.458 e. The number of hydrogen-bond acceptors (Lipinski definition) is 1. The number of hydrogen-bond donors (Lipinski definition) is 1. The van der Waals surface area contributed by atoms with E-state index in [1.54, 1.807) is 0 Å². The molecule has 0 aliphatic carbocycles. The predicted octanol–water partition coefficient (Wildman–Crippen LogP) is 3.65. The zero-order chi connectivity index (χ0) is 14.2. The van der Waals surface area contributed by atoms with Crippen molar-refractivity contribution in [1.29, 1.82) is 0 Å². The highest BCUT2D eigenvalue weighted by atomic mass is 19.4. The van der Waals surface area contributed by atoms with Crippen molar-refractivity contribution >= 4 is 0 Å². The molecule has 102 valence electrons. The van der Waals surface area contributed by atoms with Crippen LogP contribution < -0.4 is 0 Å². The highest BCUT2D eigenvalue weighted by Gasteiger charge is 2.58. The molecule has 0 radical (unpaired) electrons. The Morgan fingerprint density at radius 1 is 0.944 bits per heavy atom. The molecule has 0 saturated carbocycles. The lowest BCUT2D eigenvalue weighted by molar-refractivity contribution is -0.289. The molecule has 1 N–H and O–H groups in total. The van der Waals surface area contributed by atoms with E-state index < -0.39 is 23.3 Å². The SMILES string of the molecule is CC(C)(O)Cc1ccc(C(F)(F)C(F)(F)F)cc1. The van der Waals surface area contributed by atoms with Crippen LogP contribution in [-0.2, 0) is 12.3 Å². The fourth-order valence-electron chi connectivity index (χ4n) is 1.50. The maximum absolute atomic E-state index is 13.0. The van der Waals surface area contributed by atoms with E-state index in [2.05, 4.69) is 0 Å². The second-order valence-corrected chi connectivity index (χ2v) is 4.76. The zero-order valence-corrected chi connectivity index (χ0v) is 9.85. The molecular weight excluding hydrogens is 255 g/mol. The van der Waals surface area contributed by atoms with Crippen LogP contribution >= 0.6 is 0 Å². The van der Waals surface area contributed by atoms with Gasteiger partial charge in [0.25, 0.3) is 0 Å². The van der Waals surface area contributed by atoms with Gasteiger partial charge in [-0.25, -0.2) is 0 Å². The molecule has 0 saturated heterocycles. The minimum Gasteiger partial charge on any atom is -0.390 e. The van der Waals surface area contributed by atoms with Gasteiger partial charge in [0.15, 0.2) is 0 Å². The molecule has 0 fully saturated rings. The lowest BCUT2D eigenvalue weighted by Crippen LogP contribution is -2.33. The van der Waals surface area contributed by atoms with Crippen LogP contribution in [0, 0.1) is 0 Å². The third kappa shape index (κ3) is 3.41. The van der Waals surface area contributed by atoms with Gasteiger partial charge in [-0.3, -0.25) is 0 Å². The van der Waals surface area contributed by atoms with E-state index in [0.717, 1.165) is 24.3 Å². The molecule has 0 aromatic heterocycles. The van der Waals surface area contributed by atoms with Gasteiger partial charge in [-0.2, -0.15) is 22.0 Å². The third-order valence-electron chi connectivity index (χ3n) is 2.31. The highest BCUT2D eigenvalue weighted by molar-refractivity contribution is 5.27. The summed E-state index contributed by atoms with van der Waals surface area (Å²) in [5.74, 6) is -4.86. The number of aliphatic hydroxyl groups is 1. The molecule has 0 amide bonds. The van der Waals surface area contributed by atoms with Crippen LogP contribution in [0.4, 0.5) is 22.0 Å². The maximum Gasteiger partial charge on any atom is 0.458 e. The van der Waals surface area contributed by atoms with E-state index in [1.165, 1.54) is 13.8 Å². The Labute approximate surface area is 101 Å². The summed E-state index contributed by atoms with van der Waals surface area (Å²) in [5, 5.41) is 9.50. The van der Waals surface area contributed by atoms with Crippen molar-refractivity contribution in [2.24, 2.45) is 0 Å². The van der Waals surface area contributed by atoms with E-state index in [-0.39, 0.29) is 6.42 Å². The van der Waals surface area contributed by atoms with Crippen molar-refractivity contribution in [2.75, 3.05) is 0 Å². The number of rotatable bonds is 3. The first-order valence-electron chi connectivity index (χ1n) is 5.20. The Morgan fingerprint density at radius 2 is 1.39 bits per heavy atom. The number of benzene rings is 1. The van der Waals surface area contributed by atoms with Crippen molar-refractivity contribution in [3.8, 4) is 0 Å². The molecule has 0 spiro atoms. The predicted molar refractivity (Wildman–Crippen MR) is 56.4 cm³/mol. The number of halogens is 5. The third-order valence-corrected chi connectivity index (χ3v) is 2.31. The van der Waals surface area contributed by atoms with Crippen molar-refractivity contribution < 1.29 is 27.1 Å². The molecule has 0 heterocycles. The van der Waals surface area contributed by atoms with E-state index in [4.69, 9.17) is 0 Å². The Morgan fingerprint density at radius 3 is 1.72 bits per heavy atom. The Kier molecular flexibility index (Phi) is 3.72. The smallest absolute Gasteiger partial charge is 0.390 e. The fraction of sp³-hybridized carbons (Fsp3) is 0.500. The Balaban J connectivity index is 2.97. The molecule has 1 rings (SSSR count). The lowest BCUT2D eigenvalue weighted by Gasteiger charge is -2.21. The summed E-state index contributed by atoms with van der Waals surface area (Å²) >= 11 is 0. The summed E-state index contributed by atoms with van der Waals surface area (Å²) < 4.78 is 62.2. The van der Waals surface area contributed by atoms with Crippen LogP contribution in [0.3, 0.4) is 0 Å². The first-order chi connectivity index (χ1) is 7.93. The van der Waals surface area contributed by atoms with Gasteiger partial charge in [0.2, 0.25) is 0 Å². The fourth-order valence-corrected chi connectivity index (χ4v) is 1.50. The van der Waals surface area contributed by atoms with Crippen molar-refractivity contribution in [3.05, 3.63) is 35.4 Å². The van der Waals surface area contributed by atoms with Crippen LogP contribution in [0.1, 0.15) is 25.0 Å². The van der Waals surface area contributed by atoms with Crippen LogP contribution in [0.5, 0.6) is 0 Å². The summed E-state index contributed by atoms with van der Waals surface area (Å²) in [7, 11) is 0. The summed E-state index contributed by atoms with van der Waals surface area (Å²) in [5.41, 5.74) is -1.66. The summed E-state index contributed by atoms with van der Waals surface area (Å²) in [6.45, 7) is 3.04. The average Bonchev–Trinajstić information content (AvgIpc) is 2.14. The van der Waals surface area contributed by atoms with Gasteiger partial charge < -0.3 is 5.11 Å². The Bertz CT molecular complexity index is 400. The lowest BCUT2D eigenvalue weighted by atomic mass is 9.97. The van der Waals surface area contributed by atoms with Crippen LogP contribution in [-0.4, -0.2) is 16.9 Å². The molecule has 6 heteroatoms. The second-order valence-electron chi connectivity index (χ2n) is 4.76. The molecule has 18 heavy (non-hydrogen) atoms. The monoisotopic (exact) mass is 268 g/mol. The molecule has 1 nitrogen and oxygen atoms in total. The van der Waals surface area contributed by atoms with Crippen molar-refractivity contribution in [1.82, 2.24) is 0 Å². The normalized spacial score (nSPS) is 13.8. The molecule has 0 atom stereocenters. The summed E-state index contributed by atoms with van der Waals surface area (Å²) in [4.78, 5) is 0. The van der Waals surface area contributed by atoms with E-state index >= 15 is 0 Å². The zero-order valence-electron chi connectivity index (χ0n) is 9.85. The summed E-state index contributed by atoms with van der Waals surface area (Å²) in [6.07, 6.45) is -5.43. The number of alkyl halides is 5. The van der Waals surface area contributed by atoms with Gasteiger partial charge in [-0.05, 0) is 19.4 Å². The van der Waals surface area contributed by atoms with E-state index in [0.29, 0.717) is 5.56 Å². The molecule has 1 aromatic rings. The summed E-state index contributed by atoms with van der Waals surface area (Å²) in [6, 6.07) is 3.78. The van der Waals surface area contributed by atoms with Crippen molar-refractivity contribution in [3.63, 3.8) is 0 Å². The quantitative estimate of drug-likeness (QED) is 0.829. The van der Waals surface area contributed by atoms with Crippen molar-refractivity contribution in [2.45, 2.75) is 38.0 Å². The molecule has 0 aliphatic rings. The van der Waals surface area contributed by atoms with Gasteiger partial charge in [-0.1, -0.05) is 24.3 Å². The van der Waals surface area contributed by atoms with Gasteiger partial charge in [0, 0.05) is 12.0 Å². The van der Waals surface area contributed by atoms with Crippen LogP contribution in [0.2, 0.25) is 0 Å². The van der Waals surface area contributed by atoms with Gasteiger partial charge in [0.1, 0.15) is 0 Å². The highest BCUT2D eigenvalue weighted by Crippen LogP contribution is 2.43. The second kappa shape index (κ2) is 4.50. The average molecular weight is 268 g/mol. The van der Waals surface area contributed by atoms with Gasteiger partial charge in [0.05, 0.1) is 5.60 Å². The van der Waals surface area contributed by atoms with E-state index in [9.17, 15) is 27.1 Å². The standard InChI is InChI=1S/C12H13F5O/c1-10(2,18)7-8-3-5-9(6-4-8)11(13,14)12(15,16)17/h3-6,18H,7H2,1-2H3. The van der Waals surface area contributed by atoms with Gasteiger partial charge in [-0.15, -0.1) is 0 Å². The first kappa shape index (κ1) is 14.9. The topological polar surface area (TPSA) is 20.2 Å². The minimum absolute atomic E-state index is 0.171. The molecule has 0 unspecified atom stereocenters. The van der Waals surface area contributed by atoms with Gasteiger partial charge >= 0.3 is 12.1 Å². The van der Waals surface area contributed by atoms with E-state index in [1.807, 2.05) is 0 Å². The first-order valence-corrected chi connectivity index (χ1v) is 5.20.